The van der Waals surface area contributed by atoms with Crippen LogP contribution in [0, 0.1) is 17.1 Å². The molecule has 0 saturated carbocycles. The maximum atomic E-state index is 13.2. The minimum absolute atomic E-state index is 0.282. The maximum absolute atomic E-state index is 13.2. The summed E-state index contributed by atoms with van der Waals surface area (Å²) in [4.78, 5) is 4.24. The third-order valence-electron chi connectivity index (χ3n) is 3.38. The SMILES string of the molecule is N#Cc1cc(F)ccc1-c1ccc(OCc2ccccc2)nc1. The highest BCUT2D eigenvalue weighted by molar-refractivity contribution is 5.69. The van der Waals surface area contributed by atoms with Crippen molar-refractivity contribution in [1.29, 1.82) is 5.26 Å². The number of pyridine rings is 1. The van der Waals surface area contributed by atoms with E-state index in [1.165, 1.54) is 12.1 Å². The van der Waals surface area contributed by atoms with Gasteiger partial charge in [0.05, 0.1) is 11.6 Å². The molecule has 0 amide bonds. The molecule has 3 rings (SSSR count). The van der Waals surface area contributed by atoms with Crippen molar-refractivity contribution in [3.63, 3.8) is 0 Å². The smallest absolute Gasteiger partial charge is 0.213 e. The second kappa shape index (κ2) is 6.71. The lowest BCUT2D eigenvalue weighted by atomic mass is 10.0. The Kier molecular flexibility index (Phi) is 4.30. The van der Waals surface area contributed by atoms with Crippen LogP contribution in [0.3, 0.4) is 0 Å². The standard InChI is InChI=1S/C19H13FN2O/c20-17-7-8-18(16(10-17)11-21)15-6-9-19(22-12-15)23-13-14-4-2-1-3-5-14/h1-10,12H,13H2. The molecule has 3 nitrogen and oxygen atoms in total. The van der Waals surface area contributed by atoms with Gasteiger partial charge in [-0.3, -0.25) is 0 Å². The van der Waals surface area contributed by atoms with Crippen molar-refractivity contribution >= 4 is 0 Å². The van der Waals surface area contributed by atoms with E-state index in [0.717, 1.165) is 11.1 Å². The van der Waals surface area contributed by atoms with Gasteiger partial charge in [0.15, 0.2) is 0 Å². The van der Waals surface area contributed by atoms with Crippen LogP contribution in [0.15, 0.2) is 66.9 Å². The second-order valence-corrected chi connectivity index (χ2v) is 4.96. The van der Waals surface area contributed by atoms with Gasteiger partial charge >= 0.3 is 0 Å². The number of benzene rings is 2. The summed E-state index contributed by atoms with van der Waals surface area (Å²) in [6, 6.07) is 19.5. The van der Waals surface area contributed by atoms with Gasteiger partial charge in [0.2, 0.25) is 5.88 Å². The molecule has 3 aromatic rings. The average molecular weight is 304 g/mol. The lowest BCUT2D eigenvalue weighted by Gasteiger charge is -2.07. The summed E-state index contributed by atoms with van der Waals surface area (Å²) in [6.07, 6.45) is 1.62. The zero-order valence-electron chi connectivity index (χ0n) is 12.2. The Morgan fingerprint density at radius 3 is 2.57 bits per heavy atom. The normalized spacial score (nSPS) is 10.1. The van der Waals surface area contributed by atoms with Crippen molar-refractivity contribution in [2.45, 2.75) is 6.61 Å². The molecule has 23 heavy (non-hydrogen) atoms. The minimum atomic E-state index is -0.430. The van der Waals surface area contributed by atoms with Crippen LogP contribution in [-0.4, -0.2) is 4.98 Å². The first kappa shape index (κ1) is 14.7. The second-order valence-electron chi connectivity index (χ2n) is 4.96. The molecule has 0 saturated heterocycles. The molecule has 0 bridgehead atoms. The van der Waals surface area contributed by atoms with Gasteiger partial charge in [0.25, 0.3) is 0 Å². The highest BCUT2D eigenvalue weighted by Gasteiger charge is 2.07. The summed E-state index contributed by atoms with van der Waals surface area (Å²) in [6.45, 7) is 0.438. The van der Waals surface area contributed by atoms with Gasteiger partial charge in [-0.25, -0.2) is 9.37 Å². The summed E-state index contributed by atoms with van der Waals surface area (Å²) in [5.74, 6) is 0.0688. The van der Waals surface area contributed by atoms with Gasteiger partial charge in [0, 0.05) is 23.4 Å². The van der Waals surface area contributed by atoms with Gasteiger partial charge in [-0.1, -0.05) is 36.4 Å². The molecule has 0 atom stereocenters. The van der Waals surface area contributed by atoms with Gasteiger partial charge in [0.1, 0.15) is 12.4 Å². The molecule has 4 heteroatoms. The number of rotatable bonds is 4. The Labute approximate surface area is 133 Å². The molecule has 2 aromatic carbocycles. The molecule has 0 radical (unpaired) electrons. The Bertz CT molecular complexity index is 839. The first-order valence-electron chi connectivity index (χ1n) is 7.09. The van der Waals surface area contributed by atoms with Gasteiger partial charge in [-0.05, 0) is 23.8 Å². The van der Waals surface area contributed by atoms with E-state index in [0.29, 0.717) is 18.1 Å². The number of ether oxygens (including phenoxy) is 1. The summed E-state index contributed by atoms with van der Waals surface area (Å²) in [5.41, 5.74) is 2.73. The molecule has 0 N–H and O–H groups in total. The lowest BCUT2D eigenvalue weighted by Crippen LogP contribution is -1.97. The van der Waals surface area contributed by atoms with E-state index >= 15 is 0 Å². The third-order valence-corrected chi connectivity index (χ3v) is 3.38. The molecule has 1 aromatic heterocycles. The van der Waals surface area contributed by atoms with Crippen molar-refractivity contribution in [2.75, 3.05) is 0 Å². The van der Waals surface area contributed by atoms with E-state index in [2.05, 4.69) is 4.98 Å². The van der Waals surface area contributed by atoms with Crippen LogP contribution in [0.4, 0.5) is 4.39 Å². The molecule has 0 fully saturated rings. The lowest BCUT2D eigenvalue weighted by molar-refractivity contribution is 0.294. The van der Waals surface area contributed by atoms with Crippen LogP contribution in [0.2, 0.25) is 0 Å². The molecular weight excluding hydrogens is 291 g/mol. The van der Waals surface area contributed by atoms with E-state index in [9.17, 15) is 4.39 Å². The summed E-state index contributed by atoms with van der Waals surface area (Å²) in [7, 11) is 0. The first-order valence-corrected chi connectivity index (χ1v) is 7.09. The highest BCUT2D eigenvalue weighted by Crippen LogP contribution is 2.25. The van der Waals surface area contributed by atoms with Crippen LogP contribution in [-0.2, 0) is 6.61 Å². The molecule has 1 heterocycles. The van der Waals surface area contributed by atoms with Crippen molar-refractivity contribution in [1.82, 2.24) is 4.98 Å². The predicted octanol–water partition coefficient (Wildman–Crippen LogP) is 4.34. The number of hydrogen-bond acceptors (Lipinski definition) is 3. The fourth-order valence-electron chi connectivity index (χ4n) is 2.22. The Balaban J connectivity index is 1.76. The van der Waals surface area contributed by atoms with Crippen molar-refractivity contribution < 1.29 is 9.13 Å². The number of hydrogen-bond donors (Lipinski definition) is 0. The molecule has 0 aliphatic rings. The summed E-state index contributed by atoms with van der Waals surface area (Å²) < 4.78 is 18.8. The molecule has 0 aliphatic heterocycles. The van der Waals surface area contributed by atoms with Crippen molar-refractivity contribution in [3.8, 4) is 23.1 Å². The highest BCUT2D eigenvalue weighted by atomic mass is 19.1. The minimum Gasteiger partial charge on any atom is -0.473 e. The molecule has 0 aliphatic carbocycles. The van der Waals surface area contributed by atoms with Gasteiger partial charge < -0.3 is 4.74 Å². The van der Waals surface area contributed by atoms with Crippen LogP contribution >= 0.6 is 0 Å². The molecule has 112 valence electrons. The largest absolute Gasteiger partial charge is 0.473 e. The zero-order chi connectivity index (χ0) is 16.1. The third kappa shape index (κ3) is 3.53. The number of nitriles is 1. The van der Waals surface area contributed by atoms with Crippen LogP contribution in [0.1, 0.15) is 11.1 Å². The fraction of sp³-hybridized carbons (Fsp3) is 0.0526. The van der Waals surface area contributed by atoms with E-state index < -0.39 is 5.82 Å². The van der Waals surface area contributed by atoms with E-state index in [1.807, 2.05) is 36.4 Å². The Hall–Kier alpha value is -3.19. The molecular formula is C19H13FN2O. The monoisotopic (exact) mass is 304 g/mol. The van der Waals surface area contributed by atoms with Crippen LogP contribution in [0.25, 0.3) is 11.1 Å². The van der Waals surface area contributed by atoms with E-state index in [1.54, 1.807) is 24.4 Å². The quantitative estimate of drug-likeness (QED) is 0.720. The molecule has 0 spiro atoms. The Morgan fingerprint density at radius 2 is 1.87 bits per heavy atom. The maximum Gasteiger partial charge on any atom is 0.213 e. The van der Waals surface area contributed by atoms with E-state index in [-0.39, 0.29) is 5.56 Å². The zero-order valence-corrected chi connectivity index (χ0v) is 12.2. The number of aromatic nitrogens is 1. The van der Waals surface area contributed by atoms with Crippen LogP contribution < -0.4 is 4.74 Å². The van der Waals surface area contributed by atoms with Gasteiger partial charge in [-0.15, -0.1) is 0 Å². The van der Waals surface area contributed by atoms with Crippen LogP contribution in [0.5, 0.6) is 5.88 Å². The fourth-order valence-corrected chi connectivity index (χ4v) is 2.22. The Morgan fingerprint density at radius 1 is 1.04 bits per heavy atom. The first-order chi connectivity index (χ1) is 11.3. The van der Waals surface area contributed by atoms with Crippen molar-refractivity contribution in [3.05, 3.63) is 83.8 Å². The number of nitrogens with zero attached hydrogens (tertiary/aromatic N) is 2. The van der Waals surface area contributed by atoms with Crippen molar-refractivity contribution in [2.24, 2.45) is 0 Å². The topological polar surface area (TPSA) is 45.9 Å². The van der Waals surface area contributed by atoms with Gasteiger partial charge in [-0.2, -0.15) is 5.26 Å². The average Bonchev–Trinajstić information content (AvgIpc) is 2.61. The van der Waals surface area contributed by atoms with E-state index in [4.69, 9.17) is 10.00 Å². The molecule has 0 unspecified atom stereocenters. The predicted molar refractivity (Wildman–Crippen MR) is 85.1 cm³/mol. The summed E-state index contributed by atoms with van der Waals surface area (Å²) >= 11 is 0. The summed E-state index contributed by atoms with van der Waals surface area (Å²) in [5, 5.41) is 9.11. The number of halogens is 1.